The van der Waals surface area contributed by atoms with E-state index in [0.717, 1.165) is 51.5 Å². The summed E-state index contributed by atoms with van der Waals surface area (Å²) in [7, 11) is 0. The van der Waals surface area contributed by atoms with Crippen LogP contribution in [0.1, 0.15) is 15.9 Å². The first-order chi connectivity index (χ1) is 12.8. The summed E-state index contributed by atoms with van der Waals surface area (Å²) in [5.41, 5.74) is 2.66. The van der Waals surface area contributed by atoms with Crippen molar-refractivity contribution < 1.29 is 9.53 Å². The number of morpholine rings is 1. The molecule has 2 N–H and O–H groups in total. The van der Waals surface area contributed by atoms with Gasteiger partial charge in [-0.1, -0.05) is 30.3 Å². The number of anilines is 1. The van der Waals surface area contributed by atoms with Gasteiger partial charge in [-0.25, -0.2) is 0 Å². The van der Waals surface area contributed by atoms with E-state index in [9.17, 15) is 4.79 Å². The molecule has 2 heterocycles. The van der Waals surface area contributed by atoms with Gasteiger partial charge in [-0.05, 0) is 18.1 Å². The average molecular weight is 354 g/mol. The molecule has 26 heavy (non-hydrogen) atoms. The predicted octanol–water partition coefficient (Wildman–Crippen LogP) is 1.80. The fourth-order valence-corrected chi connectivity index (χ4v) is 2.91. The number of rotatable bonds is 8. The van der Waals surface area contributed by atoms with E-state index in [4.69, 9.17) is 4.74 Å². The predicted molar refractivity (Wildman–Crippen MR) is 102 cm³/mol. The summed E-state index contributed by atoms with van der Waals surface area (Å²) in [4.78, 5) is 18.9. The quantitative estimate of drug-likeness (QED) is 0.757. The number of ether oxygens (including phenoxy) is 1. The van der Waals surface area contributed by atoms with Crippen molar-refractivity contribution in [3.05, 3.63) is 59.9 Å². The number of hydrogen-bond donors (Lipinski definition) is 2. The molecule has 0 unspecified atom stereocenters. The topological polar surface area (TPSA) is 66.5 Å². The zero-order valence-electron chi connectivity index (χ0n) is 15.0. The number of nitrogens with one attached hydrogen (secondary N) is 2. The van der Waals surface area contributed by atoms with Gasteiger partial charge in [-0.15, -0.1) is 0 Å². The van der Waals surface area contributed by atoms with Crippen LogP contribution in [0.25, 0.3) is 0 Å². The van der Waals surface area contributed by atoms with Gasteiger partial charge in [0.2, 0.25) is 0 Å². The monoisotopic (exact) mass is 354 g/mol. The molecule has 6 nitrogen and oxygen atoms in total. The third-order valence-corrected chi connectivity index (χ3v) is 4.40. The SMILES string of the molecule is O=C(NCCc1ccccc1)c1cncc(NCCN2CCOCC2)c1. The van der Waals surface area contributed by atoms with Gasteiger partial charge in [0.05, 0.1) is 24.5 Å². The zero-order valence-corrected chi connectivity index (χ0v) is 15.0. The average Bonchev–Trinajstić information content (AvgIpc) is 2.70. The Kier molecular flexibility index (Phi) is 6.98. The molecule has 1 aromatic heterocycles. The van der Waals surface area contributed by atoms with E-state index in [1.165, 1.54) is 5.56 Å². The van der Waals surface area contributed by atoms with Crippen LogP contribution < -0.4 is 10.6 Å². The van der Waals surface area contributed by atoms with E-state index < -0.39 is 0 Å². The first-order valence-electron chi connectivity index (χ1n) is 9.12. The van der Waals surface area contributed by atoms with Crippen molar-refractivity contribution in [1.82, 2.24) is 15.2 Å². The number of hydrogen-bond acceptors (Lipinski definition) is 5. The lowest BCUT2D eigenvalue weighted by atomic mass is 10.1. The minimum Gasteiger partial charge on any atom is -0.382 e. The summed E-state index contributed by atoms with van der Waals surface area (Å²) in [6, 6.07) is 12.0. The number of nitrogens with zero attached hydrogens (tertiary/aromatic N) is 2. The van der Waals surface area contributed by atoms with Crippen LogP contribution in [0, 0.1) is 0 Å². The third kappa shape index (κ3) is 5.82. The molecule has 1 aromatic carbocycles. The summed E-state index contributed by atoms with van der Waals surface area (Å²) >= 11 is 0. The fraction of sp³-hybridized carbons (Fsp3) is 0.400. The van der Waals surface area contributed by atoms with Crippen LogP contribution in [0.2, 0.25) is 0 Å². The molecule has 0 aliphatic carbocycles. The van der Waals surface area contributed by atoms with Crippen molar-refractivity contribution in [3.8, 4) is 0 Å². The normalized spacial score (nSPS) is 14.8. The molecule has 1 amide bonds. The third-order valence-electron chi connectivity index (χ3n) is 4.40. The molecule has 0 bridgehead atoms. The molecule has 3 rings (SSSR count). The molecule has 1 aliphatic rings. The minimum atomic E-state index is -0.0924. The number of carbonyl (C=O) groups is 1. The van der Waals surface area contributed by atoms with E-state index in [2.05, 4.69) is 32.7 Å². The molecule has 0 spiro atoms. The van der Waals surface area contributed by atoms with Gasteiger partial charge < -0.3 is 15.4 Å². The van der Waals surface area contributed by atoms with Gasteiger partial charge in [0.1, 0.15) is 0 Å². The van der Waals surface area contributed by atoms with Gasteiger partial charge in [-0.3, -0.25) is 14.7 Å². The summed E-state index contributed by atoms with van der Waals surface area (Å²) < 4.78 is 5.35. The highest BCUT2D eigenvalue weighted by atomic mass is 16.5. The summed E-state index contributed by atoms with van der Waals surface area (Å²) in [5, 5.41) is 6.30. The van der Waals surface area contributed by atoms with Crippen molar-refractivity contribution in [1.29, 1.82) is 0 Å². The number of benzene rings is 1. The van der Waals surface area contributed by atoms with E-state index in [0.29, 0.717) is 12.1 Å². The Balaban J connectivity index is 1.42. The Labute approximate surface area is 154 Å². The Morgan fingerprint density at radius 3 is 2.73 bits per heavy atom. The number of carbonyl (C=O) groups excluding carboxylic acids is 1. The van der Waals surface area contributed by atoms with Crippen molar-refractivity contribution >= 4 is 11.6 Å². The molecule has 138 valence electrons. The summed E-state index contributed by atoms with van der Waals surface area (Å²) in [6.07, 6.45) is 4.17. The van der Waals surface area contributed by atoms with E-state index in [1.807, 2.05) is 24.3 Å². The van der Waals surface area contributed by atoms with Crippen LogP contribution >= 0.6 is 0 Å². The first kappa shape index (κ1) is 18.4. The van der Waals surface area contributed by atoms with E-state index >= 15 is 0 Å². The molecule has 0 radical (unpaired) electrons. The van der Waals surface area contributed by atoms with Crippen LogP contribution in [0.3, 0.4) is 0 Å². The summed E-state index contributed by atoms with van der Waals surface area (Å²) in [6.45, 7) is 5.95. The second-order valence-electron chi connectivity index (χ2n) is 6.33. The van der Waals surface area contributed by atoms with Gasteiger partial charge in [-0.2, -0.15) is 0 Å². The molecule has 2 aromatic rings. The largest absolute Gasteiger partial charge is 0.382 e. The van der Waals surface area contributed by atoms with Gasteiger partial charge in [0.25, 0.3) is 5.91 Å². The zero-order chi connectivity index (χ0) is 18.0. The molecule has 1 saturated heterocycles. The van der Waals surface area contributed by atoms with Crippen molar-refractivity contribution in [2.24, 2.45) is 0 Å². The van der Waals surface area contributed by atoms with E-state index in [-0.39, 0.29) is 5.91 Å². The molecule has 0 atom stereocenters. The lowest BCUT2D eigenvalue weighted by Crippen LogP contribution is -2.39. The highest BCUT2D eigenvalue weighted by Crippen LogP contribution is 2.08. The Morgan fingerprint density at radius 1 is 1.12 bits per heavy atom. The number of pyridine rings is 1. The van der Waals surface area contributed by atoms with Crippen LogP contribution in [0.15, 0.2) is 48.8 Å². The lowest BCUT2D eigenvalue weighted by Gasteiger charge is -2.26. The molecule has 0 saturated carbocycles. The van der Waals surface area contributed by atoms with Crippen molar-refractivity contribution in [2.75, 3.05) is 51.3 Å². The first-order valence-corrected chi connectivity index (χ1v) is 9.12. The maximum Gasteiger partial charge on any atom is 0.252 e. The van der Waals surface area contributed by atoms with Gasteiger partial charge in [0.15, 0.2) is 0 Å². The lowest BCUT2D eigenvalue weighted by molar-refractivity contribution is 0.0398. The highest BCUT2D eigenvalue weighted by Gasteiger charge is 2.10. The van der Waals surface area contributed by atoms with Crippen LogP contribution in [0.5, 0.6) is 0 Å². The second-order valence-corrected chi connectivity index (χ2v) is 6.33. The smallest absolute Gasteiger partial charge is 0.252 e. The summed E-state index contributed by atoms with van der Waals surface area (Å²) in [5.74, 6) is -0.0924. The Bertz CT molecular complexity index is 687. The van der Waals surface area contributed by atoms with Crippen molar-refractivity contribution in [3.63, 3.8) is 0 Å². The van der Waals surface area contributed by atoms with Gasteiger partial charge in [0, 0.05) is 45.1 Å². The molecular formula is C20H26N4O2. The second kappa shape index (κ2) is 9.89. The van der Waals surface area contributed by atoms with Crippen LogP contribution in [-0.2, 0) is 11.2 Å². The number of amides is 1. The molecule has 6 heteroatoms. The Morgan fingerprint density at radius 2 is 1.92 bits per heavy atom. The minimum absolute atomic E-state index is 0.0924. The Hall–Kier alpha value is -2.44. The maximum absolute atomic E-state index is 12.3. The maximum atomic E-state index is 12.3. The molecule has 1 aliphatic heterocycles. The van der Waals surface area contributed by atoms with Crippen molar-refractivity contribution in [2.45, 2.75) is 6.42 Å². The van der Waals surface area contributed by atoms with E-state index in [1.54, 1.807) is 12.4 Å². The molecular weight excluding hydrogens is 328 g/mol. The molecule has 1 fully saturated rings. The number of aromatic nitrogens is 1. The van der Waals surface area contributed by atoms with Gasteiger partial charge >= 0.3 is 0 Å². The fourth-order valence-electron chi connectivity index (χ4n) is 2.91. The highest BCUT2D eigenvalue weighted by molar-refractivity contribution is 5.94. The van der Waals surface area contributed by atoms with Crippen LogP contribution in [-0.4, -0.2) is 61.7 Å². The van der Waals surface area contributed by atoms with Crippen LogP contribution in [0.4, 0.5) is 5.69 Å². The standard InChI is InChI=1S/C20H26N4O2/c25-20(23-7-6-17-4-2-1-3-5-17)18-14-19(16-21-15-18)22-8-9-24-10-12-26-13-11-24/h1-5,14-16,22H,6-13H2,(H,23,25).